The van der Waals surface area contributed by atoms with Crippen molar-refractivity contribution in [2.24, 2.45) is 0 Å². The van der Waals surface area contributed by atoms with Crippen molar-refractivity contribution < 1.29 is 14.6 Å². The molecule has 0 aliphatic rings. The van der Waals surface area contributed by atoms with Crippen LogP contribution in [-0.4, -0.2) is 37.3 Å². The highest BCUT2D eigenvalue weighted by molar-refractivity contribution is 6.99. The van der Waals surface area contributed by atoms with E-state index in [0.717, 1.165) is 10.4 Å². The molecule has 2 rings (SSSR count). The van der Waals surface area contributed by atoms with Crippen LogP contribution in [0.3, 0.4) is 0 Å². The summed E-state index contributed by atoms with van der Waals surface area (Å²) in [6.45, 7) is 10.0. The molecule has 0 heterocycles. The van der Waals surface area contributed by atoms with Gasteiger partial charge in [-0.1, -0.05) is 87.5 Å². The van der Waals surface area contributed by atoms with Crippen LogP contribution < -0.4 is 10.4 Å². The molecule has 0 unspecified atom stereocenters. The average Bonchev–Trinajstić information content (AvgIpc) is 2.65. The summed E-state index contributed by atoms with van der Waals surface area (Å²) < 4.78 is 6.83. The van der Waals surface area contributed by atoms with Crippen LogP contribution in [0, 0.1) is 0 Å². The molecule has 2 aromatic rings. The van der Waals surface area contributed by atoms with E-state index in [0.29, 0.717) is 6.42 Å². The highest BCUT2D eigenvalue weighted by atomic mass is 28.4. The number of aliphatic hydroxyl groups is 2. The summed E-state index contributed by atoms with van der Waals surface area (Å²) in [7, 11) is -2.75. The van der Waals surface area contributed by atoms with Crippen molar-refractivity contribution in [2.75, 3.05) is 6.61 Å². The van der Waals surface area contributed by atoms with Gasteiger partial charge in [-0.2, -0.15) is 0 Å². The van der Waals surface area contributed by atoms with Crippen molar-refractivity contribution in [1.82, 2.24) is 0 Å². The Morgan fingerprint density at radius 3 is 1.81 bits per heavy atom. The molecule has 0 spiro atoms. The summed E-state index contributed by atoms with van der Waals surface area (Å²) in [5, 5.41) is 22.0. The van der Waals surface area contributed by atoms with Gasteiger partial charge in [-0.25, -0.2) is 0 Å². The zero-order valence-electron chi connectivity index (χ0n) is 15.9. The number of hydrogen-bond acceptors (Lipinski definition) is 3. The summed E-state index contributed by atoms with van der Waals surface area (Å²) in [5.74, 6) is 0. The third-order valence-electron chi connectivity index (χ3n) is 4.76. The first kappa shape index (κ1) is 20.6. The first-order chi connectivity index (χ1) is 12.4. The lowest BCUT2D eigenvalue weighted by atomic mass is 10.1. The molecule has 26 heavy (non-hydrogen) atoms. The largest absolute Gasteiger partial charge is 0.401 e. The summed E-state index contributed by atoms with van der Waals surface area (Å²) in [6.07, 6.45) is 0.756. The predicted molar refractivity (Wildman–Crippen MR) is 110 cm³/mol. The second-order valence-electron chi connectivity index (χ2n) is 7.59. The summed E-state index contributed by atoms with van der Waals surface area (Å²) in [5.41, 5.74) is 0. The van der Waals surface area contributed by atoms with E-state index in [1.807, 2.05) is 36.4 Å². The van der Waals surface area contributed by atoms with Crippen LogP contribution >= 0.6 is 0 Å². The molecule has 3 nitrogen and oxygen atoms in total. The minimum atomic E-state index is -2.75. The lowest BCUT2D eigenvalue weighted by molar-refractivity contribution is -0.00368. The van der Waals surface area contributed by atoms with Crippen molar-refractivity contribution in [1.29, 1.82) is 0 Å². The lowest BCUT2D eigenvalue weighted by Gasteiger charge is -2.45. The Hall–Kier alpha value is -1.72. The minimum absolute atomic E-state index is 0.176. The quantitative estimate of drug-likeness (QED) is 0.555. The molecule has 2 N–H and O–H groups in total. The standard InChI is InChI=1S/C22H30O3Si/c1-5-12-21(20(24)17-23)25-26(22(2,3)4,18-13-8-6-9-14-18)19-15-10-7-11-16-19/h5-11,13-16,20-21,23-24H,1,12,17H2,2-4H3/t20-,21-/m0/s1. The molecule has 2 aromatic carbocycles. The Bertz CT molecular complexity index is 640. The Morgan fingerprint density at radius 1 is 1.00 bits per heavy atom. The Morgan fingerprint density at radius 2 is 1.46 bits per heavy atom. The summed E-state index contributed by atoms with van der Waals surface area (Å²) in [6, 6.07) is 20.6. The van der Waals surface area contributed by atoms with Crippen LogP contribution in [0.2, 0.25) is 5.04 Å². The third kappa shape index (κ3) is 4.15. The third-order valence-corrected chi connectivity index (χ3v) is 9.82. The molecule has 0 aliphatic heterocycles. The molecule has 0 bridgehead atoms. The summed E-state index contributed by atoms with van der Waals surface area (Å²) >= 11 is 0. The smallest absolute Gasteiger partial charge is 0.261 e. The van der Waals surface area contributed by atoms with Crippen LogP contribution in [0.15, 0.2) is 73.3 Å². The molecule has 0 radical (unpaired) electrons. The van der Waals surface area contributed by atoms with E-state index in [1.165, 1.54) is 0 Å². The van der Waals surface area contributed by atoms with E-state index in [9.17, 15) is 10.2 Å². The molecule has 0 saturated carbocycles. The fourth-order valence-corrected chi connectivity index (χ4v) is 8.21. The van der Waals surface area contributed by atoms with Gasteiger partial charge in [0.25, 0.3) is 8.32 Å². The van der Waals surface area contributed by atoms with Crippen LogP contribution in [0.25, 0.3) is 0 Å². The lowest BCUT2D eigenvalue weighted by Crippen LogP contribution is -2.68. The van der Waals surface area contributed by atoms with Crippen molar-refractivity contribution in [2.45, 2.75) is 44.4 Å². The van der Waals surface area contributed by atoms with Crippen molar-refractivity contribution in [3.05, 3.63) is 73.3 Å². The van der Waals surface area contributed by atoms with Crippen LogP contribution in [0.1, 0.15) is 27.2 Å². The van der Waals surface area contributed by atoms with Gasteiger partial charge in [0.05, 0.1) is 12.7 Å². The van der Waals surface area contributed by atoms with E-state index >= 15 is 0 Å². The molecule has 0 saturated heterocycles. The molecular formula is C22H30O3Si. The van der Waals surface area contributed by atoms with Gasteiger partial charge in [0.15, 0.2) is 0 Å². The number of rotatable bonds is 8. The minimum Gasteiger partial charge on any atom is -0.401 e. The van der Waals surface area contributed by atoms with E-state index in [-0.39, 0.29) is 11.6 Å². The molecule has 140 valence electrons. The number of benzene rings is 2. The monoisotopic (exact) mass is 370 g/mol. The average molecular weight is 371 g/mol. The van der Waals surface area contributed by atoms with Gasteiger partial charge >= 0.3 is 0 Å². The number of aliphatic hydroxyl groups excluding tert-OH is 2. The highest BCUT2D eigenvalue weighted by Gasteiger charge is 2.51. The van der Waals surface area contributed by atoms with Gasteiger partial charge in [0.2, 0.25) is 0 Å². The molecule has 0 aromatic heterocycles. The van der Waals surface area contributed by atoms with Crippen LogP contribution in [0.4, 0.5) is 0 Å². The van der Waals surface area contributed by atoms with Crippen molar-refractivity contribution >= 4 is 18.7 Å². The molecule has 0 fully saturated rings. The zero-order valence-corrected chi connectivity index (χ0v) is 16.9. The molecule has 0 aliphatic carbocycles. The second-order valence-corrected chi connectivity index (χ2v) is 11.8. The Balaban J connectivity index is 2.69. The van der Waals surface area contributed by atoms with Crippen LogP contribution in [0.5, 0.6) is 0 Å². The van der Waals surface area contributed by atoms with E-state index in [1.54, 1.807) is 6.08 Å². The first-order valence-electron chi connectivity index (χ1n) is 9.05. The van der Waals surface area contributed by atoms with Gasteiger partial charge in [-0.05, 0) is 21.8 Å². The highest BCUT2D eigenvalue weighted by Crippen LogP contribution is 2.38. The van der Waals surface area contributed by atoms with Gasteiger partial charge in [-0.3, -0.25) is 0 Å². The Labute approximate surface area is 158 Å². The zero-order chi connectivity index (χ0) is 19.2. The fraction of sp³-hybridized carbons (Fsp3) is 0.364. The topological polar surface area (TPSA) is 49.7 Å². The van der Waals surface area contributed by atoms with Gasteiger partial charge in [0, 0.05) is 0 Å². The van der Waals surface area contributed by atoms with Crippen molar-refractivity contribution in [3.63, 3.8) is 0 Å². The molecule has 4 heteroatoms. The van der Waals surface area contributed by atoms with E-state index in [2.05, 4.69) is 51.6 Å². The first-order valence-corrected chi connectivity index (χ1v) is 11.0. The van der Waals surface area contributed by atoms with E-state index in [4.69, 9.17) is 4.43 Å². The molecular weight excluding hydrogens is 340 g/mol. The van der Waals surface area contributed by atoms with Gasteiger partial charge in [0.1, 0.15) is 6.10 Å². The molecule has 2 atom stereocenters. The van der Waals surface area contributed by atoms with Gasteiger partial charge < -0.3 is 14.6 Å². The maximum atomic E-state index is 10.4. The maximum absolute atomic E-state index is 10.4. The fourth-order valence-electron chi connectivity index (χ4n) is 3.48. The summed E-state index contributed by atoms with van der Waals surface area (Å²) in [4.78, 5) is 0. The maximum Gasteiger partial charge on any atom is 0.261 e. The van der Waals surface area contributed by atoms with Gasteiger partial charge in [-0.15, -0.1) is 6.58 Å². The van der Waals surface area contributed by atoms with Crippen molar-refractivity contribution in [3.8, 4) is 0 Å². The predicted octanol–water partition coefficient (Wildman–Crippen LogP) is 2.86. The van der Waals surface area contributed by atoms with E-state index < -0.39 is 20.5 Å². The Kier molecular flexibility index (Phi) is 6.95. The molecule has 0 amide bonds. The SMILES string of the molecule is C=CC[C@H](O[Si](c1ccccc1)(c1ccccc1)C(C)(C)C)[C@@H](O)CO. The number of hydrogen-bond donors (Lipinski definition) is 2. The second kappa shape index (κ2) is 8.78. The van der Waals surface area contributed by atoms with Crippen LogP contribution in [-0.2, 0) is 4.43 Å². The normalized spacial score (nSPS) is 14.7.